The zero-order valence-electron chi connectivity index (χ0n) is 21.0. The number of hydrogen-bond acceptors (Lipinski definition) is 5. The van der Waals surface area contributed by atoms with E-state index in [-0.39, 0.29) is 29.8 Å². The summed E-state index contributed by atoms with van der Waals surface area (Å²) in [7, 11) is 0. The molecule has 0 fully saturated rings. The van der Waals surface area contributed by atoms with Gasteiger partial charge < -0.3 is 25.0 Å². The van der Waals surface area contributed by atoms with Gasteiger partial charge in [-0.15, -0.1) is 12.4 Å². The number of carboxylic acids is 1. The summed E-state index contributed by atoms with van der Waals surface area (Å²) in [6.07, 6.45) is 2.20. The Morgan fingerprint density at radius 1 is 0.897 bits per heavy atom. The van der Waals surface area contributed by atoms with E-state index in [0.717, 1.165) is 30.6 Å². The second kappa shape index (κ2) is 13.0. The van der Waals surface area contributed by atoms with Crippen LogP contribution in [0.1, 0.15) is 39.6 Å². The van der Waals surface area contributed by atoms with E-state index in [1.807, 2.05) is 18.2 Å². The molecule has 0 radical (unpaired) electrons. The van der Waals surface area contributed by atoms with Crippen LogP contribution in [-0.4, -0.2) is 28.8 Å². The van der Waals surface area contributed by atoms with Gasteiger partial charge in [0.1, 0.15) is 28.6 Å². The number of fused-ring (bicyclic) bond motifs is 1. The maximum atomic E-state index is 11.4. The van der Waals surface area contributed by atoms with Gasteiger partial charge in [0, 0.05) is 17.6 Å². The van der Waals surface area contributed by atoms with Crippen molar-refractivity contribution in [2.45, 2.75) is 31.4 Å². The van der Waals surface area contributed by atoms with Crippen LogP contribution in [0.5, 0.6) is 23.0 Å². The van der Waals surface area contributed by atoms with Crippen LogP contribution in [-0.2, 0) is 12.8 Å². The molecule has 0 aliphatic heterocycles. The molecule has 0 aromatic heterocycles. The number of halogens is 2. The Balaban J connectivity index is 0.00000353. The number of ether oxygens (including phenoxy) is 2. The van der Waals surface area contributed by atoms with Crippen LogP contribution in [0.4, 0.5) is 0 Å². The quantitative estimate of drug-likeness (QED) is 0.198. The lowest BCUT2D eigenvalue weighted by atomic mass is 9.88. The first-order valence-corrected chi connectivity index (χ1v) is 12.9. The first-order valence-electron chi connectivity index (χ1n) is 12.5. The first kappa shape index (κ1) is 28.5. The number of para-hydroxylation sites is 1. The fraction of sp³-hybridized carbons (Fsp3) is 0.194. The predicted octanol–water partition coefficient (Wildman–Crippen LogP) is 7.23. The van der Waals surface area contributed by atoms with Crippen molar-refractivity contribution in [3.63, 3.8) is 0 Å². The molecule has 0 bridgehead atoms. The molecule has 0 spiro atoms. The summed E-state index contributed by atoms with van der Waals surface area (Å²) in [4.78, 5) is 11.4. The van der Waals surface area contributed by atoms with E-state index in [9.17, 15) is 15.0 Å². The van der Waals surface area contributed by atoms with E-state index in [4.69, 9.17) is 21.1 Å². The molecule has 0 amide bonds. The van der Waals surface area contributed by atoms with Crippen LogP contribution in [0, 0.1) is 0 Å². The van der Waals surface area contributed by atoms with Gasteiger partial charge in [-0.1, -0.05) is 41.9 Å². The average molecular weight is 566 g/mol. The standard InChI is InChI=1S/C31H28ClNO5.ClH/c32-23-5-3-4-21(16-23)29(34)19-33-24-10-8-20-9-11-27(18-22(20)17-24)37-25-12-14-26(15-13-25)38-30-7-2-1-6-28(30)31(35)36;/h1-7,9,11-16,18,24,29,33-34H,8,10,17,19H2,(H,35,36);1H/t24-,29+;/m0./s1. The Bertz CT molecular complexity index is 1430. The van der Waals surface area contributed by atoms with Gasteiger partial charge in [-0.3, -0.25) is 0 Å². The number of carboxylic acid groups (broad SMARTS) is 1. The van der Waals surface area contributed by atoms with Gasteiger partial charge in [0.05, 0.1) is 6.10 Å². The van der Waals surface area contributed by atoms with Crippen LogP contribution >= 0.6 is 24.0 Å². The van der Waals surface area contributed by atoms with Gasteiger partial charge in [-0.2, -0.15) is 0 Å². The summed E-state index contributed by atoms with van der Waals surface area (Å²) in [6, 6.07) is 27.3. The number of nitrogens with one attached hydrogen (secondary N) is 1. The molecule has 0 saturated carbocycles. The molecule has 5 rings (SSSR count). The summed E-state index contributed by atoms with van der Waals surface area (Å²) < 4.78 is 11.9. The monoisotopic (exact) mass is 565 g/mol. The number of aromatic carboxylic acids is 1. The summed E-state index contributed by atoms with van der Waals surface area (Å²) >= 11 is 6.05. The normalized spacial score (nSPS) is 15.0. The molecule has 0 saturated heterocycles. The Morgan fingerprint density at radius 2 is 1.62 bits per heavy atom. The van der Waals surface area contributed by atoms with E-state index in [1.54, 1.807) is 54.6 Å². The Morgan fingerprint density at radius 3 is 2.36 bits per heavy atom. The van der Waals surface area contributed by atoms with E-state index in [1.165, 1.54) is 17.2 Å². The Labute approximate surface area is 238 Å². The van der Waals surface area contributed by atoms with Gasteiger partial charge in [0.2, 0.25) is 0 Å². The lowest BCUT2D eigenvalue weighted by Crippen LogP contribution is -2.37. The van der Waals surface area contributed by atoms with E-state index >= 15 is 0 Å². The predicted molar refractivity (Wildman–Crippen MR) is 154 cm³/mol. The van der Waals surface area contributed by atoms with Crippen molar-refractivity contribution in [3.05, 3.63) is 118 Å². The van der Waals surface area contributed by atoms with Crippen molar-refractivity contribution in [1.82, 2.24) is 5.32 Å². The fourth-order valence-electron chi connectivity index (χ4n) is 4.65. The SMILES string of the molecule is Cl.O=C(O)c1ccccc1Oc1ccc(Oc2ccc3c(c2)C[C@@H](NC[C@@H](O)c2cccc(Cl)c2)CC3)cc1. The number of aliphatic hydroxyl groups excluding tert-OH is 1. The van der Waals surface area contributed by atoms with Gasteiger partial charge >= 0.3 is 5.97 Å². The third-order valence-electron chi connectivity index (χ3n) is 6.64. The molecule has 1 aliphatic carbocycles. The van der Waals surface area contributed by atoms with Crippen LogP contribution in [0.15, 0.2) is 91.0 Å². The first-order chi connectivity index (χ1) is 18.4. The highest BCUT2D eigenvalue weighted by Crippen LogP contribution is 2.31. The summed E-state index contributed by atoms with van der Waals surface area (Å²) in [6.45, 7) is 0.460. The molecule has 4 aromatic carbocycles. The smallest absolute Gasteiger partial charge is 0.339 e. The van der Waals surface area contributed by atoms with Crippen molar-refractivity contribution in [1.29, 1.82) is 0 Å². The van der Waals surface area contributed by atoms with Crippen LogP contribution in [0.3, 0.4) is 0 Å². The molecule has 6 nitrogen and oxygen atoms in total. The van der Waals surface area contributed by atoms with Crippen molar-refractivity contribution in [2.75, 3.05) is 6.54 Å². The average Bonchev–Trinajstić information content (AvgIpc) is 2.93. The second-order valence-corrected chi connectivity index (χ2v) is 9.76. The Hall–Kier alpha value is -3.55. The molecule has 8 heteroatoms. The van der Waals surface area contributed by atoms with Crippen LogP contribution in [0.2, 0.25) is 5.02 Å². The molecule has 1 aliphatic rings. The van der Waals surface area contributed by atoms with Crippen molar-refractivity contribution in [3.8, 4) is 23.0 Å². The van der Waals surface area contributed by atoms with Gasteiger partial charge in [-0.05, 0) is 96.6 Å². The topological polar surface area (TPSA) is 88.0 Å². The van der Waals surface area contributed by atoms with Gasteiger partial charge in [-0.25, -0.2) is 4.79 Å². The lowest BCUT2D eigenvalue weighted by molar-refractivity contribution is 0.0694. The summed E-state index contributed by atoms with van der Waals surface area (Å²) in [5, 5.41) is 24.0. The third-order valence-corrected chi connectivity index (χ3v) is 6.88. The zero-order valence-corrected chi connectivity index (χ0v) is 22.6. The number of hydrogen-bond donors (Lipinski definition) is 3. The number of carbonyl (C=O) groups is 1. The zero-order chi connectivity index (χ0) is 26.5. The lowest BCUT2D eigenvalue weighted by Gasteiger charge is -2.27. The van der Waals surface area contributed by atoms with E-state index in [0.29, 0.717) is 23.1 Å². The molecule has 3 N–H and O–H groups in total. The van der Waals surface area contributed by atoms with Crippen LogP contribution in [0.25, 0.3) is 0 Å². The minimum atomic E-state index is -1.04. The van der Waals surface area contributed by atoms with Gasteiger partial charge in [0.15, 0.2) is 0 Å². The minimum Gasteiger partial charge on any atom is -0.478 e. The molecule has 202 valence electrons. The molecule has 0 heterocycles. The number of rotatable bonds is 9. The molecular weight excluding hydrogens is 537 g/mol. The Kier molecular flexibility index (Phi) is 9.49. The molecule has 4 aromatic rings. The second-order valence-electron chi connectivity index (χ2n) is 9.33. The van der Waals surface area contributed by atoms with Crippen molar-refractivity contribution < 1.29 is 24.5 Å². The number of benzene rings is 4. The van der Waals surface area contributed by atoms with E-state index in [2.05, 4.69) is 17.4 Å². The maximum Gasteiger partial charge on any atom is 0.339 e. The minimum absolute atomic E-state index is 0. The number of aryl methyl sites for hydroxylation is 1. The van der Waals surface area contributed by atoms with E-state index < -0.39 is 12.1 Å². The highest BCUT2D eigenvalue weighted by molar-refractivity contribution is 6.30. The maximum absolute atomic E-state index is 11.4. The number of aliphatic hydroxyl groups is 1. The van der Waals surface area contributed by atoms with Crippen molar-refractivity contribution in [2.24, 2.45) is 0 Å². The largest absolute Gasteiger partial charge is 0.478 e. The fourth-order valence-corrected chi connectivity index (χ4v) is 4.85. The van der Waals surface area contributed by atoms with Gasteiger partial charge in [0.25, 0.3) is 0 Å². The highest BCUT2D eigenvalue weighted by atomic mass is 35.5. The molecule has 2 atom stereocenters. The van der Waals surface area contributed by atoms with Crippen molar-refractivity contribution >= 4 is 30.0 Å². The molecular formula is C31H29Cl2NO5. The molecule has 0 unspecified atom stereocenters. The highest BCUT2D eigenvalue weighted by Gasteiger charge is 2.20. The third kappa shape index (κ3) is 7.31. The summed E-state index contributed by atoms with van der Waals surface area (Å²) in [5.41, 5.74) is 3.45. The summed E-state index contributed by atoms with van der Waals surface area (Å²) in [5.74, 6) is 1.16. The molecule has 39 heavy (non-hydrogen) atoms. The van der Waals surface area contributed by atoms with Crippen LogP contribution < -0.4 is 14.8 Å².